The molecule has 1 unspecified atom stereocenters. The first-order valence-corrected chi connectivity index (χ1v) is 3.53. The van der Waals surface area contributed by atoms with Gasteiger partial charge in [-0.15, -0.1) is 11.8 Å². The van der Waals surface area contributed by atoms with Crippen molar-refractivity contribution in [3.63, 3.8) is 0 Å². The maximum Gasteiger partial charge on any atom is 0.304 e. The summed E-state index contributed by atoms with van der Waals surface area (Å²) < 4.78 is 0. The zero-order valence-corrected chi connectivity index (χ0v) is 6.63. The summed E-state index contributed by atoms with van der Waals surface area (Å²) in [6.45, 7) is 1.75. The van der Waals surface area contributed by atoms with Gasteiger partial charge in [-0.05, 0) is 13.3 Å². The molecule has 3 nitrogen and oxygen atoms in total. The third-order valence-electron chi connectivity index (χ3n) is 1.25. The van der Waals surface area contributed by atoms with E-state index in [4.69, 9.17) is 10.8 Å². The van der Waals surface area contributed by atoms with Gasteiger partial charge in [0.1, 0.15) is 0 Å². The number of nitrogens with two attached hydrogens (primary N) is 1. The smallest absolute Gasteiger partial charge is 0.304 e. The van der Waals surface area contributed by atoms with Gasteiger partial charge in [0.2, 0.25) is 0 Å². The van der Waals surface area contributed by atoms with Crippen molar-refractivity contribution in [3.8, 4) is 11.8 Å². The molecular weight excluding hydrogens is 142 g/mol. The van der Waals surface area contributed by atoms with Crippen LogP contribution >= 0.6 is 0 Å². The molecular formula is C8H13NO2. The molecule has 0 radical (unpaired) electrons. The summed E-state index contributed by atoms with van der Waals surface area (Å²) in [7, 11) is 0. The number of hydrogen-bond acceptors (Lipinski definition) is 2. The summed E-state index contributed by atoms with van der Waals surface area (Å²) in [4.78, 5) is 10.1. The molecule has 0 bridgehead atoms. The van der Waals surface area contributed by atoms with Crippen molar-refractivity contribution in [2.24, 2.45) is 5.73 Å². The Morgan fingerprint density at radius 3 is 2.82 bits per heavy atom. The molecule has 0 spiro atoms. The lowest BCUT2D eigenvalue weighted by Gasteiger charge is -2.04. The molecule has 11 heavy (non-hydrogen) atoms. The van der Waals surface area contributed by atoms with Crippen molar-refractivity contribution in [2.45, 2.75) is 32.2 Å². The van der Waals surface area contributed by atoms with E-state index in [9.17, 15) is 4.79 Å². The molecule has 0 aromatic carbocycles. The molecule has 0 aliphatic carbocycles. The molecule has 3 N–H and O–H groups in total. The van der Waals surface area contributed by atoms with Crippen LogP contribution in [0.3, 0.4) is 0 Å². The second-order valence-electron chi connectivity index (χ2n) is 2.32. The van der Waals surface area contributed by atoms with E-state index in [0.29, 0.717) is 12.8 Å². The third-order valence-corrected chi connectivity index (χ3v) is 1.25. The first kappa shape index (κ1) is 9.99. The van der Waals surface area contributed by atoms with Crippen LogP contribution in [0.2, 0.25) is 0 Å². The molecule has 0 saturated carbocycles. The van der Waals surface area contributed by atoms with Gasteiger partial charge in [0.15, 0.2) is 0 Å². The van der Waals surface area contributed by atoms with E-state index in [-0.39, 0.29) is 12.5 Å². The minimum absolute atomic E-state index is 0.0331. The number of carboxylic acid groups (broad SMARTS) is 1. The molecule has 0 saturated heterocycles. The molecule has 0 aliphatic rings. The molecule has 0 aromatic heterocycles. The van der Waals surface area contributed by atoms with Crippen molar-refractivity contribution >= 4 is 5.97 Å². The fourth-order valence-electron chi connectivity index (χ4n) is 0.709. The summed E-state index contributed by atoms with van der Waals surface area (Å²) >= 11 is 0. The number of carbonyl (C=O) groups is 1. The van der Waals surface area contributed by atoms with Gasteiger partial charge in [0, 0.05) is 12.5 Å². The third kappa shape index (κ3) is 6.88. The Bertz CT molecular complexity index is 178. The second-order valence-corrected chi connectivity index (χ2v) is 2.32. The quantitative estimate of drug-likeness (QED) is 0.584. The van der Waals surface area contributed by atoms with E-state index in [1.54, 1.807) is 6.92 Å². The van der Waals surface area contributed by atoms with Gasteiger partial charge in [0.25, 0.3) is 0 Å². The van der Waals surface area contributed by atoms with Crippen molar-refractivity contribution in [2.75, 3.05) is 0 Å². The van der Waals surface area contributed by atoms with Crippen LogP contribution in [0.15, 0.2) is 0 Å². The molecule has 0 aliphatic heterocycles. The highest BCUT2D eigenvalue weighted by Gasteiger charge is 2.05. The summed E-state index contributed by atoms with van der Waals surface area (Å²) in [5.41, 5.74) is 5.47. The number of rotatable bonds is 4. The SMILES string of the molecule is CC#CCCC(N)CC(=O)O. The predicted molar refractivity (Wildman–Crippen MR) is 42.9 cm³/mol. The fourth-order valence-corrected chi connectivity index (χ4v) is 0.709. The number of hydrogen-bond donors (Lipinski definition) is 2. The standard InChI is InChI=1S/C8H13NO2/c1-2-3-4-5-7(9)6-8(10)11/h7H,4-6,9H2,1H3,(H,10,11). The van der Waals surface area contributed by atoms with Crippen LogP contribution in [-0.2, 0) is 4.79 Å². The summed E-state index contributed by atoms with van der Waals surface area (Å²) in [6, 6.07) is -0.256. The Hall–Kier alpha value is -1.01. The van der Waals surface area contributed by atoms with Crippen LogP contribution in [0.25, 0.3) is 0 Å². The van der Waals surface area contributed by atoms with Crippen LogP contribution in [-0.4, -0.2) is 17.1 Å². The Kier molecular flexibility index (Phi) is 5.22. The average molecular weight is 155 g/mol. The van der Waals surface area contributed by atoms with E-state index < -0.39 is 5.97 Å². The van der Waals surface area contributed by atoms with Crippen LogP contribution in [0, 0.1) is 11.8 Å². The van der Waals surface area contributed by atoms with Gasteiger partial charge in [0.05, 0.1) is 6.42 Å². The number of carboxylic acids is 1. The largest absolute Gasteiger partial charge is 0.481 e. The zero-order valence-electron chi connectivity index (χ0n) is 6.63. The van der Waals surface area contributed by atoms with E-state index in [1.807, 2.05) is 0 Å². The zero-order chi connectivity index (χ0) is 8.69. The van der Waals surface area contributed by atoms with Crippen molar-refractivity contribution in [1.82, 2.24) is 0 Å². The lowest BCUT2D eigenvalue weighted by molar-refractivity contribution is -0.137. The Morgan fingerprint density at radius 1 is 1.73 bits per heavy atom. The Labute approximate surface area is 66.6 Å². The first-order valence-electron chi connectivity index (χ1n) is 3.53. The van der Waals surface area contributed by atoms with E-state index in [2.05, 4.69) is 11.8 Å². The van der Waals surface area contributed by atoms with Crippen LogP contribution in [0.1, 0.15) is 26.2 Å². The van der Waals surface area contributed by atoms with Gasteiger partial charge in [-0.1, -0.05) is 0 Å². The van der Waals surface area contributed by atoms with Gasteiger partial charge in [-0.3, -0.25) is 4.79 Å². The molecule has 62 valence electrons. The minimum atomic E-state index is -0.845. The predicted octanol–water partition coefficient (Wildman–Crippen LogP) is 0.592. The average Bonchev–Trinajstić information content (AvgIpc) is 1.86. The minimum Gasteiger partial charge on any atom is -0.481 e. The Morgan fingerprint density at radius 2 is 2.36 bits per heavy atom. The van der Waals surface area contributed by atoms with Crippen molar-refractivity contribution in [1.29, 1.82) is 0 Å². The van der Waals surface area contributed by atoms with E-state index in [1.165, 1.54) is 0 Å². The second kappa shape index (κ2) is 5.75. The topological polar surface area (TPSA) is 63.3 Å². The first-order chi connectivity index (χ1) is 5.16. The highest BCUT2D eigenvalue weighted by molar-refractivity contribution is 5.67. The Balaban J connectivity index is 3.41. The molecule has 0 aromatic rings. The molecule has 0 fully saturated rings. The maximum atomic E-state index is 10.1. The van der Waals surface area contributed by atoms with E-state index >= 15 is 0 Å². The number of aliphatic carboxylic acids is 1. The van der Waals surface area contributed by atoms with Crippen molar-refractivity contribution < 1.29 is 9.90 Å². The van der Waals surface area contributed by atoms with Gasteiger partial charge in [-0.25, -0.2) is 0 Å². The summed E-state index contributed by atoms with van der Waals surface area (Å²) in [6.07, 6.45) is 1.38. The maximum absolute atomic E-state index is 10.1. The summed E-state index contributed by atoms with van der Waals surface area (Å²) in [5.74, 6) is 4.71. The molecule has 1 atom stereocenters. The molecule has 0 rings (SSSR count). The van der Waals surface area contributed by atoms with Crippen molar-refractivity contribution in [3.05, 3.63) is 0 Å². The molecule has 3 heteroatoms. The summed E-state index contributed by atoms with van der Waals surface area (Å²) in [5, 5.41) is 8.32. The highest BCUT2D eigenvalue weighted by atomic mass is 16.4. The lowest BCUT2D eigenvalue weighted by atomic mass is 10.1. The highest BCUT2D eigenvalue weighted by Crippen LogP contribution is 1.97. The van der Waals surface area contributed by atoms with E-state index in [0.717, 1.165) is 0 Å². The fraction of sp³-hybridized carbons (Fsp3) is 0.625. The van der Waals surface area contributed by atoms with Crippen LogP contribution in [0.5, 0.6) is 0 Å². The molecule has 0 amide bonds. The van der Waals surface area contributed by atoms with Gasteiger partial charge >= 0.3 is 5.97 Å². The van der Waals surface area contributed by atoms with Gasteiger partial charge < -0.3 is 10.8 Å². The normalized spacial score (nSPS) is 11.5. The lowest BCUT2D eigenvalue weighted by Crippen LogP contribution is -2.23. The van der Waals surface area contributed by atoms with Crippen LogP contribution in [0.4, 0.5) is 0 Å². The molecule has 0 heterocycles. The van der Waals surface area contributed by atoms with Gasteiger partial charge in [-0.2, -0.15) is 0 Å². The monoisotopic (exact) mass is 155 g/mol. The van der Waals surface area contributed by atoms with Crippen LogP contribution < -0.4 is 5.73 Å².